The summed E-state index contributed by atoms with van der Waals surface area (Å²) >= 11 is 0. The van der Waals surface area contributed by atoms with E-state index in [1.807, 2.05) is 64.6 Å². The van der Waals surface area contributed by atoms with Gasteiger partial charge in [-0.25, -0.2) is 0 Å². The van der Waals surface area contributed by atoms with Crippen molar-refractivity contribution in [2.75, 3.05) is 26.2 Å². The second kappa shape index (κ2) is 11.2. The maximum atomic E-state index is 10.6. The maximum Gasteiger partial charge on any atom is 0.203 e. The number of rotatable bonds is 10. The Hall–Kier alpha value is -2.28. The Labute approximate surface area is 184 Å². The van der Waals surface area contributed by atoms with Gasteiger partial charge in [0.05, 0.1) is 17.6 Å². The van der Waals surface area contributed by atoms with Gasteiger partial charge < -0.3 is 36.3 Å². The molecule has 7 heteroatoms. The summed E-state index contributed by atoms with van der Waals surface area (Å²) < 4.78 is 9.66. The first kappa shape index (κ1) is 24.0. The van der Waals surface area contributed by atoms with Crippen LogP contribution in [0, 0.1) is 12.3 Å². The van der Waals surface area contributed by atoms with Crippen LogP contribution in [0.2, 0.25) is 0 Å². The lowest BCUT2D eigenvalue weighted by molar-refractivity contribution is -0.00000838. The number of nitrogens with zero attached hydrogens (tertiary/aromatic N) is 3. The molecular weight excluding hydrogens is 400 g/mol. The van der Waals surface area contributed by atoms with Gasteiger partial charge in [-0.05, 0) is 49.8 Å². The molecule has 0 aliphatic carbocycles. The number of ether oxygens (including phenoxy) is 1. The molecule has 0 saturated carbocycles. The Balaban J connectivity index is 0.00000320. The molecule has 3 aromatic rings. The van der Waals surface area contributed by atoms with Gasteiger partial charge in [0.2, 0.25) is 5.62 Å². The SMILES string of the molecule is CCN(CC)CCn1c(=N)n(CC(O)COc2cccc(C)c2)c2ccccc21.[Cl-]. The van der Waals surface area contributed by atoms with Crippen molar-refractivity contribution < 1.29 is 22.3 Å². The van der Waals surface area contributed by atoms with Crippen LogP contribution in [0.25, 0.3) is 11.0 Å². The largest absolute Gasteiger partial charge is 1.00 e. The second-order valence-corrected chi connectivity index (χ2v) is 7.38. The molecular formula is C23H32ClN4O2-. The summed E-state index contributed by atoms with van der Waals surface area (Å²) in [7, 11) is 0. The van der Waals surface area contributed by atoms with Crippen molar-refractivity contribution in [3.8, 4) is 5.75 Å². The number of para-hydroxylation sites is 2. The number of aromatic nitrogens is 2. The molecule has 0 amide bonds. The normalized spacial score (nSPS) is 12.2. The van der Waals surface area contributed by atoms with Crippen LogP contribution in [-0.4, -0.2) is 51.5 Å². The van der Waals surface area contributed by atoms with Gasteiger partial charge in [-0.2, -0.15) is 0 Å². The van der Waals surface area contributed by atoms with Crippen molar-refractivity contribution in [3.63, 3.8) is 0 Å². The summed E-state index contributed by atoms with van der Waals surface area (Å²) in [5, 5.41) is 19.3. The molecule has 0 spiro atoms. The highest BCUT2D eigenvalue weighted by atomic mass is 35.5. The predicted octanol–water partition coefficient (Wildman–Crippen LogP) is 0.0164. The van der Waals surface area contributed by atoms with E-state index in [0.29, 0.717) is 12.2 Å². The van der Waals surface area contributed by atoms with E-state index in [2.05, 4.69) is 18.7 Å². The summed E-state index contributed by atoms with van der Waals surface area (Å²) in [6.07, 6.45) is -0.702. The van der Waals surface area contributed by atoms with Crippen LogP contribution in [-0.2, 0) is 13.1 Å². The number of hydrogen-bond donors (Lipinski definition) is 2. The van der Waals surface area contributed by atoms with Gasteiger partial charge in [-0.3, -0.25) is 5.41 Å². The molecule has 0 aliphatic rings. The molecule has 0 radical (unpaired) electrons. The quantitative estimate of drug-likeness (QED) is 0.475. The second-order valence-electron chi connectivity index (χ2n) is 7.38. The van der Waals surface area contributed by atoms with Crippen LogP contribution < -0.4 is 22.8 Å². The summed E-state index contributed by atoms with van der Waals surface area (Å²) in [5.74, 6) is 0.752. The minimum absolute atomic E-state index is 0. The smallest absolute Gasteiger partial charge is 0.203 e. The first-order valence-corrected chi connectivity index (χ1v) is 10.4. The van der Waals surface area contributed by atoms with Gasteiger partial charge in [0.1, 0.15) is 18.5 Å². The minimum atomic E-state index is -0.702. The third-order valence-electron chi connectivity index (χ3n) is 5.33. The molecule has 1 aromatic heterocycles. The zero-order chi connectivity index (χ0) is 20.8. The topological polar surface area (TPSA) is 66.4 Å². The van der Waals surface area contributed by atoms with Crippen molar-refractivity contribution in [1.82, 2.24) is 14.0 Å². The summed E-state index contributed by atoms with van der Waals surface area (Å²) in [4.78, 5) is 2.35. The first-order chi connectivity index (χ1) is 14.0. The summed E-state index contributed by atoms with van der Waals surface area (Å²) in [6.45, 7) is 10.5. The molecule has 0 aliphatic heterocycles. The van der Waals surface area contributed by atoms with Crippen LogP contribution >= 0.6 is 0 Å². The van der Waals surface area contributed by atoms with E-state index in [1.54, 1.807) is 0 Å². The predicted molar refractivity (Wildman–Crippen MR) is 116 cm³/mol. The molecule has 0 bridgehead atoms. The molecule has 1 unspecified atom stereocenters. The average molecular weight is 432 g/mol. The molecule has 3 rings (SSSR count). The van der Waals surface area contributed by atoms with E-state index in [4.69, 9.17) is 10.1 Å². The highest BCUT2D eigenvalue weighted by Gasteiger charge is 2.15. The van der Waals surface area contributed by atoms with Gasteiger partial charge in [0.15, 0.2) is 0 Å². The Bertz CT molecular complexity index is 994. The zero-order valence-electron chi connectivity index (χ0n) is 18.0. The fourth-order valence-corrected chi connectivity index (χ4v) is 3.65. The molecule has 2 aromatic carbocycles. The maximum absolute atomic E-state index is 10.6. The lowest BCUT2D eigenvalue weighted by Gasteiger charge is -2.18. The Morgan fingerprint density at radius 3 is 2.33 bits per heavy atom. The van der Waals surface area contributed by atoms with Crippen LogP contribution in [0.3, 0.4) is 0 Å². The highest BCUT2D eigenvalue weighted by Crippen LogP contribution is 2.15. The van der Waals surface area contributed by atoms with E-state index >= 15 is 0 Å². The molecule has 0 fully saturated rings. The lowest BCUT2D eigenvalue weighted by Crippen LogP contribution is -3.00. The number of aryl methyl sites for hydroxylation is 1. The standard InChI is InChI=1S/C23H32N4O2.ClH/c1-4-25(5-2)13-14-26-21-11-6-7-12-22(21)27(23(26)24)16-19(28)17-29-20-10-8-9-18(3)15-20;/h6-12,15,19,24,28H,4-5,13-14,16-17H2,1-3H3;1H/p-1. The fraction of sp³-hybridized carbons (Fsp3) is 0.435. The Morgan fingerprint density at radius 2 is 1.70 bits per heavy atom. The fourth-order valence-electron chi connectivity index (χ4n) is 3.65. The monoisotopic (exact) mass is 431 g/mol. The molecule has 164 valence electrons. The van der Waals surface area contributed by atoms with Crippen LogP contribution in [0.5, 0.6) is 5.75 Å². The third-order valence-corrected chi connectivity index (χ3v) is 5.33. The van der Waals surface area contributed by atoms with Gasteiger partial charge in [-0.1, -0.05) is 38.1 Å². The zero-order valence-corrected chi connectivity index (χ0v) is 18.8. The van der Waals surface area contributed by atoms with Gasteiger partial charge >= 0.3 is 0 Å². The van der Waals surface area contributed by atoms with Gasteiger partial charge in [0.25, 0.3) is 0 Å². The van der Waals surface area contributed by atoms with Crippen LogP contribution in [0.15, 0.2) is 48.5 Å². The average Bonchev–Trinajstić information content (AvgIpc) is 2.99. The number of imidazole rings is 1. The molecule has 1 atom stereocenters. The van der Waals surface area contributed by atoms with Crippen LogP contribution in [0.1, 0.15) is 19.4 Å². The van der Waals surface area contributed by atoms with Crippen molar-refractivity contribution in [2.24, 2.45) is 0 Å². The van der Waals surface area contributed by atoms with Crippen molar-refractivity contribution in [3.05, 3.63) is 59.7 Å². The van der Waals surface area contributed by atoms with Gasteiger partial charge in [-0.15, -0.1) is 0 Å². The van der Waals surface area contributed by atoms with E-state index in [9.17, 15) is 5.11 Å². The molecule has 0 saturated heterocycles. The highest BCUT2D eigenvalue weighted by molar-refractivity contribution is 5.75. The van der Waals surface area contributed by atoms with E-state index < -0.39 is 6.10 Å². The number of fused-ring (bicyclic) bond motifs is 1. The number of benzene rings is 2. The van der Waals surface area contributed by atoms with Crippen molar-refractivity contribution >= 4 is 11.0 Å². The Morgan fingerprint density at radius 1 is 1.03 bits per heavy atom. The first-order valence-electron chi connectivity index (χ1n) is 10.4. The van der Waals surface area contributed by atoms with E-state index in [-0.39, 0.29) is 19.0 Å². The summed E-state index contributed by atoms with van der Waals surface area (Å²) in [5.41, 5.74) is 3.52. The third kappa shape index (κ3) is 5.65. The van der Waals surface area contributed by atoms with Gasteiger partial charge in [0, 0.05) is 13.1 Å². The molecule has 1 heterocycles. The van der Waals surface area contributed by atoms with Crippen molar-refractivity contribution in [1.29, 1.82) is 5.41 Å². The number of hydrogen-bond acceptors (Lipinski definition) is 4. The molecule has 6 nitrogen and oxygen atoms in total. The number of aliphatic hydroxyl groups is 1. The van der Waals surface area contributed by atoms with E-state index in [1.165, 1.54) is 0 Å². The summed E-state index contributed by atoms with van der Waals surface area (Å²) in [6, 6.07) is 15.8. The number of likely N-dealkylation sites (N-methyl/N-ethyl adjacent to an activating group) is 1. The lowest BCUT2D eigenvalue weighted by atomic mass is 10.2. The number of nitrogens with one attached hydrogen (secondary N) is 1. The van der Waals surface area contributed by atoms with E-state index in [0.717, 1.165) is 48.5 Å². The Kier molecular flexibility index (Phi) is 8.96. The molecule has 30 heavy (non-hydrogen) atoms. The minimum Gasteiger partial charge on any atom is -1.00 e. The van der Waals surface area contributed by atoms with Crippen molar-refractivity contribution in [2.45, 2.75) is 40.0 Å². The van der Waals surface area contributed by atoms with Crippen LogP contribution in [0.4, 0.5) is 0 Å². The number of aliphatic hydroxyl groups excluding tert-OH is 1. The number of halogens is 1. The molecule has 2 N–H and O–H groups in total.